The standard InChI is InChI=1S/C11H11NO2/c1-8(13)6-11(14)10-4-2-9(7-12)3-5-10/h2-5,11,14H,6H2,1H3/t11-/m1/s1. The van der Waals surface area contributed by atoms with Gasteiger partial charge in [-0.2, -0.15) is 5.26 Å². The van der Waals surface area contributed by atoms with Crippen LogP contribution in [0.25, 0.3) is 0 Å². The van der Waals surface area contributed by atoms with Crippen molar-refractivity contribution in [1.29, 1.82) is 5.26 Å². The lowest BCUT2D eigenvalue weighted by Crippen LogP contribution is -2.02. The Balaban J connectivity index is 2.77. The van der Waals surface area contributed by atoms with Gasteiger partial charge in [0.05, 0.1) is 17.7 Å². The highest BCUT2D eigenvalue weighted by Crippen LogP contribution is 2.16. The fourth-order valence-corrected chi connectivity index (χ4v) is 1.17. The Morgan fingerprint density at radius 2 is 2.07 bits per heavy atom. The van der Waals surface area contributed by atoms with Crippen LogP contribution in [0.5, 0.6) is 0 Å². The molecule has 1 aromatic carbocycles. The Labute approximate surface area is 82.6 Å². The second kappa shape index (κ2) is 4.54. The fraction of sp³-hybridized carbons (Fsp3) is 0.273. The number of aliphatic hydroxyl groups excluding tert-OH is 1. The van der Waals surface area contributed by atoms with E-state index in [-0.39, 0.29) is 12.2 Å². The van der Waals surface area contributed by atoms with Gasteiger partial charge in [0.1, 0.15) is 5.78 Å². The second-order valence-electron chi connectivity index (χ2n) is 3.16. The van der Waals surface area contributed by atoms with E-state index in [0.29, 0.717) is 11.1 Å². The summed E-state index contributed by atoms with van der Waals surface area (Å²) in [4.78, 5) is 10.7. The molecule has 1 aromatic rings. The lowest BCUT2D eigenvalue weighted by molar-refractivity contribution is -0.118. The van der Waals surface area contributed by atoms with E-state index in [1.54, 1.807) is 24.3 Å². The van der Waals surface area contributed by atoms with Crippen molar-refractivity contribution >= 4 is 5.78 Å². The Bertz CT molecular complexity index is 362. The first-order valence-electron chi connectivity index (χ1n) is 4.31. The van der Waals surface area contributed by atoms with Crippen molar-refractivity contribution < 1.29 is 9.90 Å². The Morgan fingerprint density at radius 3 is 2.50 bits per heavy atom. The highest BCUT2D eigenvalue weighted by atomic mass is 16.3. The zero-order chi connectivity index (χ0) is 10.6. The molecule has 0 aromatic heterocycles. The minimum absolute atomic E-state index is 0.0538. The summed E-state index contributed by atoms with van der Waals surface area (Å²) in [5.41, 5.74) is 1.21. The van der Waals surface area contributed by atoms with Crippen LogP contribution in [0.1, 0.15) is 30.6 Å². The van der Waals surface area contributed by atoms with Gasteiger partial charge in [-0.15, -0.1) is 0 Å². The molecule has 0 spiro atoms. The van der Waals surface area contributed by atoms with Crippen LogP contribution in [0.15, 0.2) is 24.3 Å². The summed E-state index contributed by atoms with van der Waals surface area (Å²) >= 11 is 0. The molecule has 3 nitrogen and oxygen atoms in total. The normalized spacial score (nSPS) is 11.8. The van der Waals surface area contributed by atoms with Crippen molar-refractivity contribution in [3.05, 3.63) is 35.4 Å². The minimum atomic E-state index is -0.764. The zero-order valence-corrected chi connectivity index (χ0v) is 7.90. The molecule has 1 N–H and O–H groups in total. The summed E-state index contributed by atoms with van der Waals surface area (Å²) in [5.74, 6) is -0.0538. The number of aliphatic hydroxyl groups is 1. The fourth-order valence-electron chi connectivity index (χ4n) is 1.17. The van der Waals surface area contributed by atoms with E-state index in [1.165, 1.54) is 6.92 Å². The van der Waals surface area contributed by atoms with Crippen LogP contribution in [0.4, 0.5) is 0 Å². The summed E-state index contributed by atoms with van der Waals surface area (Å²) in [6, 6.07) is 8.55. The van der Waals surface area contributed by atoms with Crippen LogP contribution >= 0.6 is 0 Å². The van der Waals surface area contributed by atoms with Gasteiger partial charge in [0, 0.05) is 6.42 Å². The number of ketones is 1. The average molecular weight is 189 g/mol. The molecule has 0 unspecified atom stereocenters. The largest absolute Gasteiger partial charge is 0.388 e. The van der Waals surface area contributed by atoms with Crippen molar-refractivity contribution in [3.63, 3.8) is 0 Å². The predicted octanol–water partition coefficient (Wildman–Crippen LogP) is 1.57. The Morgan fingerprint density at radius 1 is 1.50 bits per heavy atom. The maximum atomic E-state index is 10.7. The topological polar surface area (TPSA) is 61.1 Å². The van der Waals surface area contributed by atoms with Gasteiger partial charge in [-0.05, 0) is 24.6 Å². The van der Waals surface area contributed by atoms with E-state index in [4.69, 9.17) is 5.26 Å². The quantitative estimate of drug-likeness (QED) is 0.785. The van der Waals surface area contributed by atoms with E-state index in [9.17, 15) is 9.90 Å². The van der Waals surface area contributed by atoms with Gasteiger partial charge < -0.3 is 5.11 Å². The summed E-state index contributed by atoms with van der Waals surface area (Å²) in [6.07, 6.45) is -0.647. The van der Waals surface area contributed by atoms with Crippen molar-refractivity contribution in [3.8, 4) is 6.07 Å². The number of Topliss-reactive ketones (excluding diaryl/α,β-unsaturated/α-hetero) is 1. The van der Waals surface area contributed by atoms with Crippen LogP contribution in [0, 0.1) is 11.3 Å². The van der Waals surface area contributed by atoms with Crippen molar-refractivity contribution in [2.75, 3.05) is 0 Å². The molecule has 0 saturated carbocycles. The number of hydrogen-bond donors (Lipinski definition) is 1. The maximum absolute atomic E-state index is 10.7. The summed E-state index contributed by atoms with van der Waals surface area (Å²) in [7, 11) is 0. The van der Waals surface area contributed by atoms with Crippen LogP contribution < -0.4 is 0 Å². The number of carbonyl (C=O) groups excluding carboxylic acids is 1. The summed E-state index contributed by atoms with van der Waals surface area (Å²) in [5, 5.41) is 18.1. The van der Waals surface area contributed by atoms with Gasteiger partial charge in [-0.25, -0.2) is 0 Å². The first kappa shape index (κ1) is 10.4. The van der Waals surface area contributed by atoms with Crippen molar-refractivity contribution in [2.45, 2.75) is 19.4 Å². The molecular formula is C11H11NO2. The molecule has 0 aliphatic carbocycles. The second-order valence-corrected chi connectivity index (χ2v) is 3.16. The Hall–Kier alpha value is -1.66. The predicted molar refractivity (Wildman–Crippen MR) is 51.4 cm³/mol. The molecule has 0 heterocycles. The molecule has 0 fully saturated rings. The molecule has 0 aliphatic rings. The van der Waals surface area contributed by atoms with Crippen LogP contribution in [0.3, 0.4) is 0 Å². The minimum Gasteiger partial charge on any atom is -0.388 e. The molecule has 0 bridgehead atoms. The van der Waals surface area contributed by atoms with Crippen LogP contribution in [-0.4, -0.2) is 10.9 Å². The molecule has 72 valence electrons. The van der Waals surface area contributed by atoms with Crippen LogP contribution in [0.2, 0.25) is 0 Å². The van der Waals surface area contributed by atoms with Gasteiger partial charge in [0.25, 0.3) is 0 Å². The van der Waals surface area contributed by atoms with Gasteiger partial charge in [-0.1, -0.05) is 12.1 Å². The summed E-state index contributed by atoms with van der Waals surface area (Å²) in [6.45, 7) is 1.44. The molecule has 0 aliphatic heterocycles. The molecule has 0 saturated heterocycles. The van der Waals surface area contributed by atoms with Crippen molar-refractivity contribution in [2.24, 2.45) is 0 Å². The molecule has 3 heteroatoms. The first-order valence-corrected chi connectivity index (χ1v) is 4.31. The number of carbonyl (C=O) groups is 1. The third kappa shape index (κ3) is 2.68. The summed E-state index contributed by atoms with van der Waals surface area (Å²) < 4.78 is 0. The van der Waals surface area contributed by atoms with Gasteiger partial charge in [-0.3, -0.25) is 4.79 Å². The molecule has 1 rings (SSSR count). The first-order chi connectivity index (χ1) is 6.63. The molecule has 0 amide bonds. The average Bonchev–Trinajstić information content (AvgIpc) is 2.17. The number of hydrogen-bond acceptors (Lipinski definition) is 3. The van der Waals surface area contributed by atoms with E-state index < -0.39 is 6.10 Å². The number of nitriles is 1. The van der Waals surface area contributed by atoms with Gasteiger partial charge >= 0.3 is 0 Å². The van der Waals surface area contributed by atoms with Crippen LogP contribution in [-0.2, 0) is 4.79 Å². The highest BCUT2D eigenvalue weighted by Gasteiger charge is 2.09. The van der Waals surface area contributed by atoms with Gasteiger partial charge in [0.15, 0.2) is 0 Å². The SMILES string of the molecule is CC(=O)C[C@@H](O)c1ccc(C#N)cc1. The van der Waals surface area contributed by atoms with Gasteiger partial charge in [0.2, 0.25) is 0 Å². The molecule has 0 radical (unpaired) electrons. The maximum Gasteiger partial charge on any atom is 0.132 e. The number of rotatable bonds is 3. The Kier molecular flexibility index (Phi) is 3.38. The molecule has 14 heavy (non-hydrogen) atoms. The number of benzene rings is 1. The van der Waals surface area contributed by atoms with E-state index >= 15 is 0 Å². The third-order valence-electron chi connectivity index (χ3n) is 1.91. The lowest BCUT2D eigenvalue weighted by atomic mass is 10.0. The smallest absolute Gasteiger partial charge is 0.132 e. The van der Waals surface area contributed by atoms with E-state index in [2.05, 4.69) is 0 Å². The zero-order valence-electron chi connectivity index (χ0n) is 7.90. The number of nitrogens with zero attached hydrogens (tertiary/aromatic N) is 1. The monoisotopic (exact) mass is 189 g/mol. The highest BCUT2D eigenvalue weighted by molar-refractivity contribution is 5.76. The van der Waals surface area contributed by atoms with Crippen molar-refractivity contribution in [1.82, 2.24) is 0 Å². The third-order valence-corrected chi connectivity index (χ3v) is 1.91. The lowest BCUT2D eigenvalue weighted by Gasteiger charge is -2.08. The molecule has 1 atom stereocenters. The van der Waals surface area contributed by atoms with E-state index in [0.717, 1.165) is 0 Å². The van der Waals surface area contributed by atoms with E-state index in [1.807, 2.05) is 6.07 Å². The molecular weight excluding hydrogens is 178 g/mol.